The van der Waals surface area contributed by atoms with Crippen LogP contribution in [0.2, 0.25) is 0 Å². The number of halogens is 1. The second kappa shape index (κ2) is 5.68. The SMILES string of the molecule is Cn1cc(CCOc2ccc(CCl)nc2)cn1. The van der Waals surface area contributed by atoms with Gasteiger partial charge in [-0.1, -0.05) is 0 Å². The van der Waals surface area contributed by atoms with Gasteiger partial charge in [0, 0.05) is 19.7 Å². The normalized spacial score (nSPS) is 10.5. The summed E-state index contributed by atoms with van der Waals surface area (Å²) in [6.45, 7) is 0.619. The number of hydrogen-bond acceptors (Lipinski definition) is 3. The smallest absolute Gasteiger partial charge is 0.137 e. The van der Waals surface area contributed by atoms with Crippen LogP contribution >= 0.6 is 11.6 Å². The number of hydrogen-bond donors (Lipinski definition) is 0. The molecule has 0 aromatic carbocycles. The highest BCUT2D eigenvalue weighted by molar-refractivity contribution is 6.16. The van der Waals surface area contributed by atoms with E-state index in [0.29, 0.717) is 12.5 Å². The lowest BCUT2D eigenvalue weighted by atomic mass is 10.3. The van der Waals surface area contributed by atoms with E-state index in [1.807, 2.05) is 31.6 Å². The van der Waals surface area contributed by atoms with Crippen molar-refractivity contribution in [3.05, 3.63) is 42.0 Å². The molecular formula is C12H14ClN3O. The van der Waals surface area contributed by atoms with Gasteiger partial charge in [-0.05, 0) is 17.7 Å². The highest BCUT2D eigenvalue weighted by Crippen LogP contribution is 2.11. The van der Waals surface area contributed by atoms with Gasteiger partial charge in [0.05, 0.1) is 30.6 Å². The fraction of sp³-hybridized carbons (Fsp3) is 0.333. The largest absolute Gasteiger partial charge is 0.492 e. The van der Waals surface area contributed by atoms with Crippen molar-refractivity contribution in [2.24, 2.45) is 7.05 Å². The number of rotatable bonds is 5. The maximum atomic E-state index is 5.65. The number of aromatic nitrogens is 3. The van der Waals surface area contributed by atoms with E-state index in [1.54, 1.807) is 10.9 Å². The molecule has 0 saturated carbocycles. The Morgan fingerprint density at radius 1 is 1.35 bits per heavy atom. The van der Waals surface area contributed by atoms with Crippen LogP contribution in [0.25, 0.3) is 0 Å². The molecule has 0 aliphatic heterocycles. The Hall–Kier alpha value is -1.55. The molecule has 2 aromatic heterocycles. The Morgan fingerprint density at radius 2 is 2.24 bits per heavy atom. The highest BCUT2D eigenvalue weighted by Gasteiger charge is 1.98. The summed E-state index contributed by atoms with van der Waals surface area (Å²) in [5.41, 5.74) is 2.02. The van der Waals surface area contributed by atoms with Gasteiger partial charge in [0.25, 0.3) is 0 Å². The predicted molar refractivity (Wildman–Crippen MR) is 66.2 cm³/mol. The van der Waals surface area contributed by atoms with Crippen LogP contribution in [0.3, 0.4) is 0 Å². The zero-order valence-corrected chi connectivity index (χ0v) is 10.4. The molecular weight excluding hydrogens is 238 g/mol. The molecule has 0 unspecified atom stereocenters. The van der Waals surface area contributed by atoms with E-state index in [-0.39, 0.29) is 0 Å². The second-order valence-electron chi connectivity index (χ2n) is 3.74. The molecule has 0 fully saturated rings. The minimum atomic E-state index is 0.427. The summed E-state index contributed by atoms with van der Waals surface area (Å²) < 4.78 is 7.36. The number of pyridine rings is 1. The van der Waals surface area contributed by atoms with Gasteiger partial charge in [-0.15, -0.1) is 11.6 Å². The predicted octanol–water partition coefficient (Wildman–Crippen LogP) is 2.18. The minimum Gasteiger partial charge on any atom is -0.492 e. The summed E-state index contributed by atoms with van der Waals surface area (Å²) >= 11 is 5.65. The number of alkyl halides is 1. The van der Waals surface area contributed by atoms with Crippen LogP contribution in [-0.4, -0.2) is 21.4 Å². The van der Waals surface area contributed by atoms with Crippen molar-refractivity contribution in [1.82, 2.24) is 14.8 Å². The van der Waals surface area contributed by atoms with Crippen LogP contribution in [0.4, 0.5) is 0 Å². The second-order valence-corrected chi connectivity index (χ2v) is 4.01. The molecule has 0 N–H and O–H groups in total. The van der Waals surface area contributed by atoms with Gasteiger partial charge < -0.3 is 4.74 Å². The van der Waals surface area contributed by atoms with Gasteiger partial charge in [-0.3, -0.25) is 9.67 Å². The molecule has 0 aliphatic rings. The molecule has 17 heavy (non-hydrogen) atoms. The minimum absolute atomic E-state index is 0.427. The van der Waals surface area contributed by atoms with E-state index in [9.17, 15) is 0 Å². The summed E-state index contributed by atoms with van der Waals surface area (Å²) in [5.74, 6) is 1.19. The molecule has 0 aliphatic carbocycles. The molecule has 0 bridgehead atoms. The van der Waals surface area contributed by atoms with Gasteiger partial charge in [-0.2, -0.15) is 5.10 Å². The van der Waals surface area contributed by atoms with E-state index in [2.05, 4.69) is 10.1 Å². The fourth-order valence-electron chi connectivity index (χ4n) is 1.46. The van der Waals surface area contributed by atoms with Crippen LogP contribution in [0.5, 0.6) is 5.75 Å². The van der Waals surface area contributed by atoms with Crippen molar-refractivity contribution < 1.29 is 4.74 Å². The third kappa shape index (κ3) is 3.46. The average molecular weight is 252 g/mol. The molecule has 4 nitrogen and oxygen atoms in total. The Kier molecular flexibility index (Phi) is 3.98. The van der Waals surface area contributed by atoms with Gasteiger partial charge in [-0.25, -0.2) is 0 Å². The Labute approximate surface area is 105 Å². The van der Waals surface area contributed by atoms with Gasteiger partial charge in [0.15, 0.2) is 0 Å². The lowest BCUT2D eigenvalue weighted by molar-refractivity contribution is 0.320. The van der Waals surface area contributed by atoms with Crippen molar-refractivity contribution in [3.8, 4) is 5.75 Å². The van der Waals surface area contributed by atoms with Gasteiger partial charge in [0.2, 0.25) is 0 Å². The molecule has 0 amide bonds. The van der Waals surface area contributed by atoms with Crippen LogP contribution in [0.1, 0.15) is 11.3 Å². The summed E-state index contributed by atoms with van der Waals surface area (Å²) in [4.78, 5) is 4.15. The zero-order chi connectivity index (χ0) is 12.1. The summed E-state index contributed by atoms with van der Waals surface area (Å²) in [6.07, 6.45) is 6.36. The van der Waals surface area contributed by atoms with Crippen molar-refractivity contribution in [1.29, 1.82) is 0 Å². The maximum absolute atomic E-state index is 5.65. The van der Waals surface area contributed by atoms with E-state index in [0.717, 1.165) is 23.4 Å². The molecule has 90 valence electrons. The standard InChI is InChI=1S/C12H14ClN3O/c1-16-9-10(7-15-16)4-5-17-12-3-2-11(6-13)14-8-12/h2-3,7-9H,4-6H2,1H3. The molecule has 2 rings (SSSR count). The molecule has 2 aromatic rings. The van der Waals surface area contributed by atoms with Crippen LogP contribution in [-0.2, 0) is 19.3 Å². The van der Waals surface area contributed by atoms with Crippen molar-refractivity contribution in [3.63, 3.8) is 0 Å². The molecule has 5 heteroatoms. The molecule has 0 spiro atoms. The lowest BCUT2D eigenvalue weighted by Crippen LogP contribution is -2.01. The summed E-state index contributed by atoms with van der Waals surface area (Å²) in [6, 6.07) is 3.75. The third-order valence-corrected chi connectivity index (χ3v) is 2.63. The average Bonchev–Trinajstić information content (AvgIpc) is 2.76. The first-order valence-corrected chi connectivity index (χ1v) is 5.92. The first-order valence-electron chi connectivity index (χ1n) is 5.39. The van der Waals surface area contributed by atoms with E-state index in [1.165, 1.54) is 0 Å². The summed E-state index contributed by atoms with van der Waals surface area (Å²) in [7, 11) is 1.90. The number of ether oxygens (including phenoxy) is 1. The molecule has 0 saturated heterocycles. The topological polar surface area (TPSA) is 39.9 Å². The Balaban J connectivity index is 1.81. The maximum Gasteiger partial charge on any atom is 0.137 e. The van der Waals surface area contributed by atoms with E-state index < -0.39 is 0 Å². The van der Waals surface area contributed by atoms with Crippen LogP contribution in [0.15, 0.2) is 30.7 Å². The molecule has 0 radical (unpaired) electrons. The lowest BCUT2D eigenvalue weighted by Gasteiger charge is -2.04. The zero-order valence-electron chi connectivity index (χ0n) is 9.64. The Morgan fingerprint density at radius 3 is 2.82 bits per heavy atom. The highest BCUT2D eigenvalue weighted by atomic mass is 35.5. The quantitative estimate of drug-likeness (QED) is 0.765. The van der Waals surface area contributed by atoms with Gasteiger partial charge in [0.1, 0.15) is 5.75 Å². The third-order valence-electron chi connectivity index (χ3n) is 2.35. The summed E-state index contributed by atoms with van der Waals surface area (Å²) in [5, 5.41) is 4.10. The first kappa shape index (κ1) is 11.9. The number of aryl methyl sites for hydroxylation is 1. The van der Waals surface area contributed by atoms with Crippen LogP contribution < -0.4 is 4.74 Å². The fourth-order valence-corrected chi connectivity index (χ4v) is 1.62. The van der Waals surface area contributed by atoms with Crippen molar-refractivity contribution in [2.45, 2.75) is 12.3 Å². The monoisotopic (exact) mass is 251 g/mol. The van der Waals surface area contributed by atoms with Gasteiger partial charge >= 0.3 is 0 Å². The number of nitrogens with zero attached hydrogens (tertiary/aromatic N) is 3. The molecule has 0 atom stereocenters. The molecule has 2 heterocycles. The first-order chi connectivity index (χ1) is 8.28. The van der Waals surface area contributed by atoms with Crippen LogP contribution in [0, 0.1) is 0 Å². The Bertz CT molecular complexity index is 467. The van der Waals surface area contributed by atoms with E-state index >= 15 is 0 Å². The van der Waals surface area contributed by atoms with E-state index in [4.69, 9.17) is 16.3 Å². The van der Waals surface area contributed by atoms with Crippen molar-refractivity contribution in [2.75, 3.05) is 6.61 Å². The van der Waals surface area contributed by atoms with Crippen molar-refractivity contribution >= 4 is 11.6 Å².